The molecule has 0 aromatic heterocycles. The van der Waals surface area contributed by atoms with Crippen LogP contribution in [0.3, 0.4) is 0 Å². The highest BCUT2D eigenvalue weighted by atomic mass is 19.1. The third-order valence-corrected chi connectivity index (χ3v) is 8.19. The zero-order chi connectivity index (χ0) is 32.5. The van der Waals surface area contributed by atoms with Crippen molar-refractivity contribution in [2.45, 2.75) is 77.5 Å². The number of fused-ring (bicyclic) bond motifs is 1. The predicted octanol–water partition coefficient (Wildman–Crippen LogP) is 6.31. The molecule has 1 amide bonds. The monoisotopic (exact) mass is 621 g/mol. The Morgan fingerprint density at radius 3 is 2.36 bits per heavy atom. The van der Waals surface area contributed by atoms with Crippen molar-refractivity contribution < 1.29 is 27.8 Å². The molecule has 0 aliphatic heterocycles. The number of carbonyl (C=O) groups is 2. The number of amides is 1. The third kappa shape index (κ3) is 9.11. The van der Waals surface area contributed by atoms with Gasteiger partial charge in [0.2, 0.25) is 0 Å². The van der Waals surface area contributed by atoms with Crippen molar-refractivity contribution in [1.29, 1.82) is 0 Å². The van der Waals surface area contributed by atoms with Crippen molar-refractivity contribution in [1.82, 2.24) is 10.2 Å². The van der Waals surface area contributed by atoms with Gasteiger partial charge in [0.1, 0.15) is 23.5 Å². The van der Waals surface area contributed by atoms with Gasteiger partial charge in [0.25, 0.3) is 5.91 Å². The van der Waals surface area contributed by atoms with Crippen molar-refractivity contribution in [2.24, 2.45) is 5.73 Å². The number of benzene rings is 3. The van der Waals surface area contributed by atoms with Crippen LogP contribution in [-0.4, -0.2) is 55.7 Å². The topological polar surface area (TPSA) is 93.9 Å². The van der Waals surface area contributed by atoms with E-state index in [1.54, 1.807) is 30.2 Å². The minimum atomic E-state index is -0.830. The summed E-state index contributed by atoms with van der Waals surface area (Å²) in [6, 6.07) is 13.6. The normalized spacial score (nSPS) is 15.6. The van der Waals surface area contributed by atoms with E-state index in [4.69, 9.17) is 15.2 Å². The van der Waals surface area contributed by atoms with Crippen molar-refractivity contribution >= 4 is 11.9 Å². The number of halogens is 2. The number of hydrogen-bond acceptors (Lipinski definition) is 6. The fraction of sp³-hybridized carbons (Fsp3) is 0.444. The fourth-order valence-corrected chi connectivity index (χ4v) is 6.07. The Hall–Kier alpha value is -3.82. The van der Waals surface area contributed by atoms with E-state index in [0.717, 1.165) is 55.0 Å². The van der Waals surface area contributed by atoms with Crippen molar-refractivity contribution in [3.63, 3.8) is 0 Å². The van der Waals surface area contributed by atoms with Crippen molar-refractivity contribution in [3.8, 4) is 5.75 Å². The van der Waals surface area contributed by atoms with Crippen LogP contribution in [0.4, 0.5) is 8.78 Å². The maximum absolute atomic E-state index is 14.0. The summed E-state index contributed by atoms with van der Waals surface area (Å²) >= 11 is 0. The van der Waals surface area contributed by atoms with Crippen LogP contribution in [0.25, 0.3) is 0 Å². The average Bonchev–Trinajstić information content (AvgIpc) is 3.01. The van der Waals surface area contributed by atoms with E-state index in [-0.39, 0.29) is 30.5 Å². The number of esters is 1. The first-order valence-electron chi connectivity index (χ1n) is 15.8. The molecule has 0 saturated heterocycles. The Morgan fingerprint density at radius 1 is 1.00 bits per heavy atom. The lowest BCUT2D eigenvalue weighted by atomic mass is 9.87. The van der Waals surface area contributed by atoms with Gasteiger partial charge in [-0.3, -0.25) is 4.79 Å². The summed E-state index contributed by atoms with van der Waals surface area (Å²) in [6.45, 7) is 7.35. The molecular weight excluding hydrogens is 576 g/mol. The summed E-state index contributed by atoms with van der Waals surface area (Å²) in [5, 5.41) is 3.54. The Labute approximate surface area is 265 Å². The number of nitrogens with one attached hydrogen (secondary N) is 1. The second kappa shape index (κ2) is 16.0. The number of rotatable bonds is 14. The molecule has 0 radical (unpaired) electrons. The van der Waals surface area contributed by atoms with Gasteiger partial charge >= 0.3 is 5.97 Å². The van der Waals surface area contributed by atoms with Gasteiger partial charge in [-0.25, -0.2) is 13.6 Å². The number of aryl methyl sites for hydroxylation is 2. The van der Waals surface area contributed by atoms with Crippen LogP contribution in [0.2, 0.25) is 0 Å². The summed E-state index contributed by atoms with van der Waals surface area (Å²) in [5.41, 5.74) is 10.7. The molecule has 1 unspecified atom stereocenters. The van der Waals surface area contributed by atoms with Crippen LogP contribution in [0.15, 0.2) is 54.6 Å². The number of ether oxygens (including phenoxy) is 2. The number of hydrogen-bond donors (Lipinski definition) is 2. The van der Waals surface area contributed by atoms with Gasteiger partial charge in [0, 0.05) is 43.3 Å². The lowest BCUT2D eigenvalue weighted by Crippen LogP contribution is -2.47. The summed E-state index contributed by atoms with van der Waals surface area (Å²) in [7, 11) is 1.64. The van der Waals surface area contributed by atoms with E-state index in [1.165, 1.54) is 17.7 Å². The first kappa shape index (κ1) is 34.1. The molecule has 7 nitrogen and oxygen atoms in total. The van der Waals surface area contributed by atoms with Crippen LogP contribution >= 0.6 is 0 Å². The highest BCUT2D eigenvalue weighted by Gasteiger charge is 2.28. The minimum absolute atomic E-state index is 0.00554. The first-order valence-corrected chi connectivity index (χ1v) is 15.8. The fourth-order valence-electron chi connectivity index (χ4n) is 6.07. The molecule has 4 rings (SSSR count). The van der Waals surface area contributed by atoms with Gasteiger partial charge in [-0.15, -0.1) is 0 Å². The van der Waals surface area contributed by atoms with Gasteiger partial charge in [0.05, 0.1) is 12.7 Å². The van der Waals surface area contributed by atoms with E-state index in [1.807, 2.05) is 39.0 Å². The molecule has 9 heteroatoms. The highest BCUT2D eigenvalue weighted by molar-refractivity contribution is 5.98. The molecule has 3 aromatic carbocycles. The summed E-state index contributed by atoms with van der Waals surface area (Å²) < 4.78 is 39.4. The lowest BCUT2D eigenvalue weighted by molar-refractivity contribution is 0.0230. The Balaban J connectivity index is 1.57. The Morgan fingerprint density at radius 2 is 1.69 bits per heavy atom. The summed E-state index contributed by atoms with van der Waals surface area (Å²) in [4.78, 5) is 28.8. The van der Waals surface area contributed by atoms with E-state index >= 15 is 0 Å². The van der Waals surface area contributed by atoms with Gasteiger partial charge in [-0.05, 0) is 110 Å². The van der Waals surface area contributed by atoms with E-state index in [0.29, 0.717) is 24.2 Å². The van der Waals surface area contributed by atoms with Crippen LogP contribution in [0, 0.1) is 18.6 Å². The smallest absolute Gasteiger partial charge is 0.338 e. The molecule has 3 atom stereocenters. The zero-order valence-corrected chi connectivity index (χ0v) is 26.7. The van der Waals surface area contributed by atoms with E-state index < -0.39 is 29.7 Å². The molecule has 0 heterocycles. The SMILES string of the molecule is CCCN(CCC)C(=O)c1cc(C)cc(C(=O)O[C@H](CNC2CCCc3cc(OC)ccc32)[C@@H](N)Cc2cc(F)cc(F)c2)c1. The molecular formula is C36H45F2N3O4. The molecule has 1 aliphatic carbocycles. The highest BCUT2D eigenvalue weighted by Crippen LogP contribution is 2.32. The van der Waals surface area contributed by atoms with Gasteiger partial charge in [-0.1, -0.05) is 19.9 Å². The van der Waals surface area contributed by atoms with Crippen LogP contribution in [0.5, 0.6) is 5.75 Å². The molecule has 3 N–H and O–H groups in total. The minimum Gasteiger partial charge on any atom is -0.497 e. The number of nitrogens with zero attached hydrogens (tertiary/aromatic N) is 1. The Bertz CT molecular complexity index is 1450. The average molecular weight is 622 g/mol. The molecule has 0 bridgehead atoms. The molecule has 242 valence electrons. The molecule has 0 fully saturated rings. The third-order valence-electron chi connectivity index (χ3n) is 8.19. The van der Waals surface area contributed by atoms with Gasteiger partial charge in [0.15, 0.2) is 0 Å². The molecule has 0 spiro atoms. The largest absolute Gasteiger partial charge is 0.497 e. The predicted molar refractivity (Wildman–Crippen MR) is 172 cm³/mol. The zero-order valence-electron chi connectivity index (χ0n) is 26.7. The van der Waals surface area contributed by atoms with Gasteiger partial charge < -0.3 is 25.4 Å². The van der Waals surface area contributed by atoms with E-state index in [9.17, 15) is 18.4 Å². The number of carbonyl (C=O) groups excluding carboxylic acids is 2. The summed E-state index contributed by atoms with van der Waals surface area (Å²) in [5.74, 6) is -1.35. The van der Waals surface area contributed by atoms with Gasteiger partial charge in [-0.2, -0.15) is 0 Å². The van der Waals surface area contributed by atoms with Crippen LogP contribution in [-0.2, 0) is 17.6 Å². The van der Waals surface area contributed by atoms with Crippen molar-refractivity contribution in [2.75, 3.05) is 26.7 Å². The lowest BCUT2D eigenvalue weighted by Gasteiger charge is -2.30. The molecule has 0 saturated carbocycles. The van der Waals surface area contributed by atoms with Crippen LogP contribution < -0.4 is 15.8 Å². The standard InChI is InChI=1S/C36H45F2N3O4/c1-5-12-41(13-6-2)35(42)26-14-23(3)15-27(19-26)36(43)45-34(32(39)18-24-16-28(37)21-29(38)17-24)22-40-33-9-7-8-25-20-30(44-4)10-11-31(25)33/h10-11,14-17,19-21,32-34,40H,5-9,12-13,18,22,39H2,1-4H3/t32-,33?,34+/m0/s1. The molecule has 45 heavy (non-hydrogen) atoms. The molecule has 3 aromatic rings. The van der Waals surface area contributed by atoms with Crippen molar-refractivity contribution in [3.05, 3.63) is 99.6 Å². The maximum atomic E-state index is 14.0. The first-order chi connectivity index (χ1) is 21.6. The maximum Gasteiger partial charge on any atom is 0.338 e. The van der Waals surface area contributed by atoms with Crippen LogP contribution in [0.1, 0.15) is 88.5 Å². The number of methoxy groups -OCH3 is 1. The quantitative estimate of drug-likeness (QED) is 0.205. The molecule has 1 aliphatic rings. The Kier molecular flexibility index (Phi) is 12.1. The second-order valence-electron chi connectivity index (χ2n) is 11.9. The van der Waals surface area contributed by atoms with E-state index in [2.05, 4.69) is 5.32 Å². The number of nitrogens with two attached hydrogens (primary N) is 1. The second-order valence-corrected chi connectivity index (χ2v) is 11.9. The summed E-state index contributed by atoms with van der Waals surface area (Å²) in [6.07, 6.45) is 3.72.